The number of nitrogens with zero attached hydrogens (tertiary/aromatic N) is 5. The highest BCUT2D eigenvalue weighted by Crippen LogP contribution is 2.37. The molecule has 0 aliphatic carbocycles. The van der Waals surface area contributed by atoms with Crippen molar-refractivity contribution in [2.45, 2.75) is 31.8 Å². The fourth-order valence-electron chi connectivity index (χ4n) is 4.23. The Morgan fingerprint density at radius 3 is 2.81 bits per heavy atom. The number of anilines is 1. The van der Waals surface area contributed by atoms with Gasteiger partial charge in [0.15, 0.2) is 5.82 Å². The second-order valence-corrected chi connectivity index (χ2v) is 9.27. The van der Waals surface area contributed by atoms with E-state index in [0.29, 0.717) is 37.4 Å². The third-order valence-electron chi connectivity index (χ3n) is 6.03. The Morgan fingerprint density at radius 2 is 2.16 bits per heavy atom. The van der Waals surface area contributed by atoms with Crippen LogP contribution in [0.5, 0.6) is 6.01 Å². The summed E-state index contributed by atoms with van der Waals surface area (Å²) in [4.78, 5) is 25.9. The van der Waals surface area contributed by atoms with Crippen LogP contribution in [0.3, 0.4) is 0 Å². The van der Waals surface area contributed by atoms with Gasteiger partial charge in [-0.25, -0.2) is 9.18 Å². The zero-order valence-electron chi connectivity index (χ0n) is 17.3. The molecule has 3 heterocycles. The number of hydrogen-bond acceptors (Lipinski definition) is 6. The van der Waals surface area contributed by atoms with Gasteiger partial charge in [-0.3, -0.25) is 0 Å². The quantitative estimate of drug-likeness (QED) is 0.618. The third-order valence-corrected chi connectivity index (χ3v) is 7.33. The molecule has 168 valence electrons. The Balaban J connectivity index is 1.72. The molecular formula is C20H24BrClFN5O3. The van der Waals surface area contributed by atoms with Gasteiger partial charge in [-0.1, -0.05) is 11.6 Å². The first-order valence-electron chi connectivity index (χ1n) is 10.2. The molecule has 8 nitrogen and oxygen atoms in total. The summed E-state index contributed by atoms with van der Waals surface area (Å²) < 4.78 is 21.1. The molecule has 1 N–H and O–H groups in total. The smallest absolute Gasteiger partial charge is 0.407 e. The fraction of sp³-hybridized carbons (Fsp3) is 0.550. The Hall–Kier alpha value is -1.91. The molecule has 2 fully saturated rings. The molecule has 0 radical (unpaired) electrons. The molecule has 31 heavy (non-hydrogen) atoms. The highest BCUT2D eigenvalue weighted by molar-refractivity contribution is 9.10. The SMILES string of the molecule is CC1CN(C(=O)O)CCN1c1nc(OCC2CCCN2C)nc2c(F)c(Br)c(Cl)cc12. The Morgan fingerprint density at radius 1 is 1.39 bits per heavy atom. The minimum absolute atomic E-state index is 0.101. The number of benzene rings is 1. The minimum atomic E-state index is -0.957. The van der Waals surface area contributed by atoms with Crippen LogP contribution in [0.25, 0.3) is 10.9 Å². The summed E-state index contributed by atoms with van der Waals surface area (Å²) in [6.07, 6.45) is 1.18. The Labute approximate surface area is 193 Å². The number of amides is 1. The predicted octanol–water partition coefficient (Wildman–Crippen LogP) is 3.85. The summed E-state index contributed by atoms with van der Waals surface area (Å²) in [6, 6.07) is 1.83. The molecular weight excluding hydrogens is 493 g/mol. The molecule has 2 atom stereocenters. The van der Waals surface area contributed by atoms with Crippen LogP contribution >= 0.6 is 27.5 Å². The average molecular weight is 517 g/mol. The molecule has 0 saturated carbocycles. The van der Waals surface area contributed by atoms with E-state index in [-0.39, 0.29) is 33.1 Å². The highest BCUT2D eigenvalue weighted by atomic mass is 79.9. The van der Waals surface area contributed by atoms with E-state index in [1.165, 1.54) is 4.90 Å². The van der Waals surface area contributed by atoms with Crippen molar-refractivity contribution in [2.24, 2.45) is 0 Å². The number of carboxylic acid groups (broad SMARTS) is 1. The lowest BCUT2D eigenvalue weighted by Gasteiger charge is -2.39. The van der Waals surface area contributed by atoms with Crippen molar-refractivity contribution >= 4 is 50.3 Å². The third kappa shape index (κ3) is 4.38. The highest BCUT2D eigenvalue weighted by Gasteiger charge is 2.30. The lowest BCUT2D eigenvalue weighted by molar-refractivity contribution is 0.136. The fourth-order valence-corrected chi connectivity index (χ4v) is 4.72. The van der Waals surface area contributed by atoms with Gasteiger partial charge in [0, 0.05) is 37.1 Å². The standard InChI is InChI=1S/C20H24BrClFN5O3/c1-11-9-27(20(29)30)6-7-28(11)18-13-8-14(22)15(21)16(23)17(13)24-19(25-18)31-10-12-4-3-5-26(12)2/h8,11-12H,3-7,9-10H2,1-2H3,(H,29,30). The Kier molecular flexibility index (Phi) is 6.41. The van der Waals surface area contributed by atoms with Crippen molar-refractivity contribution in [1.29, 1.82) is 0 Å². The molecule has 0 bridgehead atoms. The van der Waals surface area contributed by atoms with E-state index in [1.54, 1.807) is 6.07 Å². The second kappa shape index (κ2) is 8.91. The maximum atomic E-state index is 15.1. The van der Waals surface area contributed by atoms with Gasteiger partial charge in [-0.2, -0.15) is 9.97 Å². The van der Waals surface area contributed by atoms with Crippen molar-refractivity contribution in [2.75, 3.05) is 44.7 Å². The normalized spacial score (nSPS) is 22.4. The van der Waals surface area contributed by atoms with Crippen molar-refractivity contribution in [3.05, 3.63) is 21.4 Å². The van der Waals surface area contributed by atoms with E-state index in [1.807, 2.05) is 11.8 Å². The van der Waals surface area contributed by atoms with Gasteiger partial charge in [-0.15, -0.1) is 0 Å². The van der Waals surface area contributed by atoms with Crippen LogP contribution in [-0.2, 0) is 0 Å². The zero-order valence-corrected chi connectivity index (χ0v) is 19.7. The molecule has 11 heteroatoms. The summed E-state index contributed by atoms with van der Waals surface area (Å²) in [5.41, 5.74) is 0.115. The number of likely N-dealkylation sites (N-methyl/N-ethyl adjacent to an activating group) is 1. The van der Waals surface area contributed by atoms with E-state index >= 15 is 4.39 Å². The number of fused-ring (bicyclic) bond motifs is 1. The number of piperazine rings is 1. The van der Waals surface area contributed by atoms with E-state index in [9.17, 15) is 9.90 Å². The van der Waals surface area contributed by atoms with E-state index in [2.05, 4.69) is 37.8 Å². The lowest BCUT2D eigenvalue weighted by atomic mass is 10.1. The first-order valence-corrected chi connectivity index (χ1v) is 11.4. The van der Waals surface area contributed by atoms with Crippen LogP contribution < -0.4 is 9.64 Å². The number of likely N-dealkylation sites (tertiary alicyclic amines) is 1. The summed E-state index contributed by atoms with van der Waals surface area (Å²) in [6.45, 7) is 4.40. The number of hydrogen-bond donors (Lipinski definition) is 1. The summed E-state index contributed by atoms with van der Waals surface area (Å²) >= 11 is 9.41. The lowest BCUT2D eigenvalue weighted by Crippen LogP contribution is -2.53. The molecule has 4 rings (SSSR count). The van der Waals surface area contributed by atoms with Gasteiger partial charge in [0.25, 0.3) is 0 Å². The van der Waals surface area contributed by atoms with E-state index in [4.69, 9.17) is 16.3 Å². The number of aromatic nitrogens is 2. The van der Waals surface area contributed by atoms with Gasteiger partial charge >= 0.3 is 12.1 Å². The van der Waals surface area contributed by atoms with Crippen molar-refractivity contribution < 1.29 is 19.0 Å². The zero-order chi connectivity index (χ0) is 22.3. The van der Waals surface area contributed by atoms with Crippen LogP contribution in [-0.4, -0.2) is 82.9 Å². The average Bonchev–Trinajstić information content (AvgIpc) is 3.15. The molecule has 0 spiro atoms. The molecule has 2 aliphatic heterocycles. The monoisotopic (exact) mass is 515 g/mol. The van der Waals surface area contributed by atoms with Gasteiger partial charge < -0.3 is 24.5 Å². The van der Waals surface area contributed by atoms with Gasteiger partial charge in [0.05, 0.1) is 9.50 Å². The van der Waals surface area contributed by atoms with Crippen LogP contribution in [0.1, 0.15) is 19.8 Å². The van der Waals surface area contributed by atoms with Crippen LogP contribution in [0.2, 0.25) is 5.02 Å². The number of carbonyl (C=O) groups is 1. The molecule has 2 aliphatic rings. The molecule has 1 aromatic heterocycles. The molecule has 2 aromatic rings. The number of ether oxygens (including phenoxy) is 1. The van der Waals surface area contributed by atoms with Crippen LogP contribution in [0.15, 0.2) is 10.5 Å². The molecule has 1 amide bonds. The predicted molar refractivity (Wildman–Crippen MR) is 120 cm³/mol. The number of rotatable bonds is 4. The van der Waals surface area contributed by atoms with Gasteiger partial charge in [0.1, 0.15) is 17.9 Å². The number of halogens is 3. The topological polar surface area (TPSA) is 82.0 Å². The van der Waals surface area contributed by atoms with Crippen LogP contribution in [0.4, 0.5) is 15.0 Å². The van der Waals surface area contributed by atoms with E-state index < -0.39 is 11.9 Å². The van der Waals surface area contributed by atoms with Crippen molar-refractivity contribution in [3.63, 3.8) is 0 Å². The second-order valence-electron chi connectivity index (χ2n) is 8.07. The van der Waals surface area contributed by atoms with Gasteiger partial charge in [-0.05, 0) is 55.4 Å². The van der Waals surface area contributed by atoms with E-state index in [0.717, 1.165) is 19.4 Å². The molecule has 2 saturated heterocycles. The van der Waals surface area contributed by atoms with Crippen molar-refractivity contribution in [1.82, 2.24) is 19.8 Å². The summed E-state index contributed by atoms with van der Waals surface area (Å²) in [5, 5.41) is 9.99. The molecule has 2 unspecified atom stereocenters. The minimum Gasteiger partial charge on any atom is -0.465 e. The first-order chi connectivity index (χ1) is 14.8. The maximum absolute atomic E-state index is 15.1. The van der Waals surface area contributed by atoms with Gasteiger partial charge in [0.2, 0.25) is 0 Å². The first kappa shape index (κ1) is 22.3. The van der Waals surface area contributed by atoms with Crippen LogP contribution in [0, 0.1) is 5.82 Å². The summed E-state index contributed by atoms with van der Waals surface area (Å²) in [5.74, 6) is -0.0866. The largest absolute Gasteiger partial charge is 0.465 e. The van der Waals surface area contributed by atoms with Crippen molar-refractivity contribution in [3.8, 4) is 6.01 Å². The summed E-state index contributed by atoms with van der Waals surface area (Å²) in [7, 11) is 2.05. The Bertz CT molecular complexity index is 1010. The maximum Gasteiger partial charge on any atom is 0.407 e. The molecule has 1 aromatic carbocycles.